The maximum atomic E-state index is 10.7. The topological polar surface area (TPSA) is 47.3 Å². The third-order valence-electron chi connectivity index (χ3n) is 2.28. The minimum atomic E-state index is 0.568. The van der Waals surface area contributed by atoms with Gasteiger partial charge in [0.25, 0.3) is 0 Å². The maximum Gasteiger partial charge on any atom is 0.192 e. The van der Waals surface area contributed by atoms with Crippen LogP contribution in [0.5, 0.6) is 0 Å². The number of hydrogen-bond donors (Lipinski definition) is 0. The molecule has 3 aromatic rings. The first-order valence-electron chi connectivity index (χ1n) is 4.83. The summed E-state index contributed by atoms with van der Waals surface area (Å²) in [5.41, 5.74) is 1.27. The molecule has 6 heteroatoms. The third-order valence-corrected chi connectivity index (χ3v) is 3.51. The van der Waals surface area contributed by atoms with Crippen LogP contribution in [0.4, 0.5) is 0 Å². The second-order valence-corrected chi connectivity index (χ2v) is 5.14. The fourth-order valence-electron chi connectivity index (χ4n) is 1.51. The Balaban J connectivity index is 2.16. The lowest BCUT2D eigenvalue weighted by molar-refractivity contribution is 0.112. The molecule has 0 aromatic carbocycles. The van der Waals surface area contributed by atoms with Crippen LogP contribution >= 0.6 is 22.9 Å². The Morgan fingerprint density at radius 3 is 2.88 bits per heavy atom. The number of hydrogen-bond acceptors (Lipinski definition) is 4. The molecule has 3 heterocycles. The molecular formula is C11H6ClN3OS. The van der Waals surface area contributed by atoms with Crippen LogP contribution in [0.25, 0.3) is 16.3 Å². The zero-order valence-electron chi connectivity index (χ0n) is 8.50. The molecule has 0 bridgehead atoms. The van der Waals surface area contributed by atoms with Crippen molar-refractivity contribution in [1.82, 2.24) is 14.6 Å². The lowest BCUT2D eigenvalue weighted by atomic mass is 10.3. The van der Waals surface area contributed by atoms with Gasteiger partial charge in [-0.05, 0) is 24.3 Å². The monoisotopic (exact) mass is 263 g/mol. The van der Waals surface area contributed by atoms with Gasteiger partial charge in [0.1, 0.15) is 0 Å². The number of carbonyl (C=O) groups is 1. The largest absolute Gasteiger partial charge is 0.298 e. The van der Waals surface area contributed by atoms with Gasteiger partial charge < -0.3 is 0 Å². The number of aromatic nitrogens is 3. The number of halogens is 1. The van der Waals surface area contributed by atoms with Gasteiger partial charge in [-0.1, -0.05) is 11.6 Å². The number of rotatable bonds is 2. The summed E-state index contributed by atoms with van der Waals surface area (Å²) in [5, 5.41) is 4.30. The van der Waals surface area contributed by atoms with Crippen LogP contribution in [0.2, 0.25) is 4.34 Å². The Labute approximate surface area is 105 Å². The molecule has 0 aliphatic heterocycles. The number of pyridine rings is 1. The molecule has 0 aliphatic rings. The van der Waals surface area contributed by atoms with E-state index in [9.17, 15) is 4.79 Å². The quantitative estimate of drug-likeness (QED) is 0.668. The van der Waals surface area contributed by atoms with E-state index in [1.165, 1.54) is 11.3 Å². The Morgan fingerprint density at radius 2 is 2.18 bits per heavy atom. The minimum Gasteiger partial charge on any atom is -0.298 e. The van der Waals surface area contributed by atoms with Crippen molar-refractivity contribution in [3.8, 4) is 10.7 Å². The summed E-state index contributed by atoms with van der Waals surface area (Å²) in [6.45, 7) is 0. The normalized spacial score (nSPS) is 10.9. The average Bonchev–Trinajstić information content (AvgIpc) is 2.93. The molecule has 0 N–H and O–H groups in total. The summed E-state index contributed by atoms with van der Waals surface area (Å²) >= 11 is 7.29. The predicted molar refractivity (Wildman–Crippen MR) is 66.7 cm³/mol. The van der Waals surface area contributed by atoms with Crippen molar-refractivity contribution in [3.63, 3.8) is 0 Å². The number of thiophene rings is 1. The Hall–Kier alpha value is -1.72. The molecule has 0 unspecified atom stereocenters. The van der Waals surface area contributed by atoms with E-state index in [0.29, 0.717) is 21.4 Å². The number of fused-ring (bicyclic) bond motifs is 1. The summed E-state index contributed by atoms with van der Waals surface area (Å²) in [4.78, 5) is 15.9. The van der Waals surface area contributed by atoms with Crippen molar-refractivity contribution in [2.24, 2.45) is 0 Å². The standard InChI is InChI=1S/C11H6ClN3OS/c12-9-3-2-8(17-9)11-13-10-4-1-7(6-16)5-15(10)14-11/h1-6H. The van der Waals surface area contributed by atoms with E-state index >= 15 is 0 Å². The van der Waals surface area contributed by atoms with Crippen LogP contribution in [0.1, 0.15) is 10.4 Å². The molecule has 0 fully saturated rings. The Morgan fingerprint density at radius 1 is 1.29 bits per heavy atom. The van der Waals surface area contributed by atoms with Crippen LogP contribution in [0.15, 0.2) is 30.5 Å². The first-order chi connectivity index (χ1) is 8.26. The van der Waals surface area contributed by atoms with Crippen molar-refractivity contribution in [1.29, 1.82) is 0 Å². The van der Waals surface area contributed by atoms with Gasteiger partial charge >= 0.3 is 0 Å². The number of aldehydes is 1. The first kappa shape index (κ1) is 10.4. The molecule has 84 valence electrons. The summed E-state index contributed by atoms with van der Waals surface area (Å²) in [6, 6.07) is 7.16. The van der Waals surface area contributed by atoms with Crippen LogP contribution in [0.3, 0.4) is 0 Å². The van der Waals surface area contributed by atoms with Gasteiger partial charge in [-0.2, -0.15) is 0 Å². The van der Waals surface area contributed by atoms with E-state index in [0.717, 1.165) is 11.2 Å². The van der Waals surface area contributed by atoms with Crippen LogP contribution in [-0.2, 0) is 0 Å². The number of nitrogens with zero attached hydrogens (tertiary/aromatic N) is 3. The van der Waals surface area contributed by atoms with E-state index in [1.54, 1.807) is 22.8 Å². The van der Waals surface area contributed by atoms with Crippen molar-refractivity contribution < 1.29 is 4.79 Å². The molecule has 0 saturated carbocycles. The van der Waals surface area contributed by atoms with E-state index in [1.807, 2.05) is 12.1 Å². The minimum absolute atomic E-state index is 0.568. The number of carbonyl (C=O) groups excluding carboxylic acids is 1. The van der Waals surface area contributed by atoms with Gasteiger partial charge in [0.15, 0.2) is 17.8 Å². The zero-order chi connectivity index (χ0) is 11.8. The Kier molecular flexibility index (Phi) is 2.42. The smallest absolute Gasteiger partial charge is 0.192 e. The summed E-state index contributed by atoms with van der Waals surface area (Å²) in [7, 11) is 0. The van der Waals surface area contributed by atoms with Crippen LogP contribution in [0, 0.1) is 0 Å². The first-order valence-corrected chi connectivity index (χ1v) is 6.03. The van der Waals surface area contributed by atoms with Crippen molar-refractivity contribution in [2.45, 2.75) is 0 Å². The summed E-state index contributed by atoms with van der Waals surface area (Å²) in [6.07, 6.45) is 2.43. The van der Waals surface area contributed by atoms with Gasteiger partial charge in [-0.15, -0.1) is 16.4 Å². The van der Waals surface area contributed by atoms with Crippen LogP contribution in [-0.4, -0.2) is 20.9 Å². The lowest BCUT2D eigenvalue weighted by Gasteiger charge is -1.90. The molecule has 3 rings (SSSR count). The highest BCUT2D eigenvalue weighted by molar-refractivity contribution is 7.19. The van der Waals surface area contributed by atoms with E-state index < -0.39 is 0 Å². The van der Waals surface area contributed by atoms with Gasteiger partial charge in [0, 0.05) is 11.8 Å². The molecule has 0 radical (unpaired) electrons. The molecule has 0 saturated heterocycles. The van der Waals surface area contributed by atoms with E-state index in [-0.39, 0.29) is 0 Å². The second kappa shape index (κ2) is 3.94. The highest BCUT2D eigenvalue weighted by Gasteiger charge is 2.08. The van der Waals surface area contributed by atoms with Crippen molar-refractivity contribution in [3.05, 3.63) is 40.4 Å². The highest BCUT2D eigenvalue weighted by Crippen LogP contribution is 2.28. The Bertz CT molecular complexity index is 704. The third kappa shape index (κ3) is 1.83. The fraction of sp³-hybridized carbons (Fsp3) is 0. The second-order valence-electron chi connectivity index (χ2n) is 3.42. The zero-order valence-corrected chi connectivity index (χ0v) is 10.1. The molecule has 3 aromatic heterocycles. The molecule has 0 amide bonds. The molecule has 0 aliphatic carbocycles. The molecule has 0 spiro atoms. The van der Waals surface area contributed by atoms with Gasteiger partial charge in [0.05, 0.1) is 9.21 Å². The van der Waals surface area contributed by atoms with Crippen molar-refractivity contribution in [2.75, 3.05) is 0 Å². The molecule has 4 nitrogen and oxygen atoms in total. The van der Waals surface area contributed by atoms with Crippen LogP contribution < -0.4 is 0 Å². The lowest BCUT2D eigenvalue weighted by Crippen LogP contribution is -1.89. The fourth-order valence-corrected chi connectivity index (χ4v) is 2.48. The predicted octanol–water partition coefficient (Wildman–Crippen LogP) is 2.92. The average molecular weight is 264 g/mol. The highest BCUT2D eigenvalue weighted by atomic mass is 35.5. The van der Waals surface area contributed by atoms with Gasteiger partial charge in [-0.3, -0.25) is 4.79 Å². The van der Waals surface area contributed by atoms with Gasteiger partial charge in [-0.25, -0.2) is 9.50 Å². The molecule has 0 atom stereocenters. The SMILES string of the molecule is O=Cc1ccc2nc(-c3ccc(Cl)s3)nn2c1. The van der Waals surface area contributed by atoms with E-state index in [4.69, 9.17) is 11.6 Å². The molecular weight excluding hydrogens is 258 g/mol. The summed E-state index contributed by atoms with van der Waals surface area (Å²) < 4.78 is 2.29. The maximum absolute atomic E-state index is 10.7. The van der Waals surface area contributed by atoms with E-state index in [2.05, 4.69) is 10.1 Å². The summed E-state index contributed by atoms with van der Waals surface area (Å²) in [5.74, 6) is 0.616. The van der Waals surface area contributed by atoms with Gasteiger partial charge in [0.2, 0.25) is 0 Å². The molecule has 17 heavy (non-hydrogen) atoms. The van der Waals surface area contributed by atoms with Crippen molar-refractivity contribution >= 4 is 34.9 Å².